The van der Waals surface area contributed by atoms with Crippen LogP contribution in [0.15, 0.2) is 29.6 Å². The molecule has 114 valence electrons. The van der Waals surface area contributed by atoms with E-state index in [1.54, 1.807) is 11.3 Å². The van der Waals surface area contributed by atoms with Crippen LogP contribution < -0.4 is 5.32 Å². The van der Waals surface area contributed by atoms with Crippen LogP contribution in [0.5, 0.6) is 0 Å². The molecule has 3 nitrogen and oxygen atoms in total. The van der Waals surface area contributed by atoms with Gasteiger partial charge in [-0.05, 0) is 43.0 Å². The highest BCUT2D eigenvalue weighted by atomic mass is 32.1. The Labute approximate surface area is 135 Å². The molecule has 0 saturated heterocycles. The van der Waals surface area contributed by atoms with Gasteiger partial charge in [-0.25, -0.2) is 4.98 Å². The topological polar surface area (TPSA) is 42.0 Å². The van der Waals surface area contributed by atoms with Crippen LogP contribution in [0.2, 0.25) is 0 Å². The maximum Gasteiger partial charge on any atom is 0.224 e. The Hall–Kier alpha value is -1.94. The van der Waals surface area contributed by atoms with E-state index in [-0.39, 0.29) is 5.91 Å². The Morgan fingerprint density at radius 2 is 2.27 bits per heavy atom. The zero-order valence-corrected chi connectivity index (χ0v) is 13.5. The fourth-order valence-corrected chi connectivity index (χ4v) is 3.07. The van der Waals surface area contributed by atoms with Gasteiger partial charge in [0.25, 0.3) is 0 Å². The Bertz CT molecular complexity index is 686. The maximum atomic E-state index is 11.6. The van der Waals surface area contributed by atoms with Crippen molar-refractivity contribution in [3.63, 3.8) is 0 Å². The van der Waals surface area contributed by atoms with Gasteiger partial charge in [0, 0.05) is 23.4 Å². The quantitative estimate of drug-likeness (QED) is 0.821. The van der Waals surface area contributed by atoms with Crippen LogP contribution in [0, 0.1) is 0 Å². The summed E-state index contributed by atoms with van der Waals surface area (Å²) in [5.41, 5.74) is 3.15. The molecule has 1 aliphatic rings. The third-order valence-electron chi connectivity index (χ3n) is 3.60. The zero-order valence-electron chi connectivity index (χ0n) is 12.7. The van der Waals surface area contributed by atoms with Crippen molar-refractivity contribution >= 4 is 35.1 Å². The van der Waals surface area contributed by atoms with E-state index in [2.05, 4.69) is 15.7 Å². The molecule has 1 fully saturated rings. The molecule has 1 aromatic carbocycles. The Balaban J connectivity index is 1.65. The van der Waals surface area contributed by atoms with Gasteiger partial charge in [-0.2, -0.15) is 0 Å². The summed E-state index contributed by atoms with van der Waals surface area (Å²) >= 11 is 1.69. The lowest BCUT2D eigenvalue weighted by atomic mass is 10.2. The van der Waals surface area contributed by atoms with Crippen LogP contribution in [0.3, 0.4) is 0 Å². The lowest BCUT2D eigenvalue weighted by Gasteiger charge is -2.04. The first kappa shape index (κ1) is 15.0. The van der Waals surface area contributed by atoms with E-state index in [1.807, 2.05) is 43.3 Å². The van der Waals surface area contributed by atoms with Gasteiger partial charge in [0.05, 0.1) is 5.69 Å². The van der Waals surface area contributed by atoms with Crippen LogP contribution >= 0.6 is 11.3 Å². The van der Waals surface area contributed by atoms with Crippen molar-refractivity contribution in [1.29, 1.82) is 0 Å². The summed E-state index contributed by atoms with van der Waals surface area (Å²) in [5.74, 6) is 0.771. The molecule has 0 atom stereocenters. The highest BCUT2D eigenvalue weighted by Crippen LogP contribution is 2.40. The van der Waals surface area contributed by atoms with Gasteiger partial charge >= 0.3 is 0 Å². The molecule has 0 aliphatic heterocycles. The number of carbonyl (C=O) groups is 1. The number of nitrogens with one attached hydrogen (secondary N) is 1. The number of amides is 1. The molecule has 1 aliphatic carbocycles. The van der Waals surface area contributed by atoms with Crippen molar-refractivity contribution < 1.29 is 4.79 Å². The number of hydrogen-bond donors (Lipinski definition) is 1. The van der Waals surface area contributed by atoms with E-state index >= 15 is 0 Å². The van der Waals surface area contributed by atoms with E-state index in [1.165, 1.54) is 18.5 Å². The molecule has 22 heavy (non-hydrogen) atoms. The number of nitrogens with zero attached hydrogens (tertiary/aromatic N) is 1. The monoisotopic (exact) mass is 312 g/mol. The maximum absolute atomic E-state index is 11.6. The van der Waals surface area contributed by atoms with Gasteiger partial charge in [-0.3, -0.25) is 4.79 Å². The summed E-state index contributed by atoms with van der Waals surface area (Å²) < 4.78 is 0. The standard InChI is InChI=1S/C18H20N2OS/c1-2-4-17(21)19-15-6-3-5-13(11-15)7-10-18-20-16(12-22-18)14-8-9-14/h3,5-7,10-12,14H,2,4,8-9H2,1H3,(H,19,21). The molecule has 0 spiro atoms. The largest absolute Gasteiger partial charge is 0.326 e. The molecule has 1 aromatic heterocycles. The van der Waals surface area contributed by atoms with Crippen LogP contribution in [-0.2, 0) is 4.79 Å². The fourth-order valence-electron chi connectivity index (χ4n) is 2.28. The molecular weight excluding hydrogens is 292 g/mol. The molecular formula is C18H20N2OS. The van der Waals surface area contributed by atoms with E-state index in [4.69, 9.17) is 0 Å². The molecule has 0 radical (unpaired) electrons. The van der Waals surface area contributed by atoms with Crippen LogP contribution in [0.1, 0.15) is 54.8 Å². The second-order valence-electron chi connectivity index (χ2n) is 5.64. The minimum atomic E-state index is 0.0672. The van der Waals surface area contributed by atoms with Crippen LogP contribution in [0.4, 0.5) is 5.69 Å². The lowest BCUT2D eigenvalue weighted by Crippen LogP contribution is -2.10. The molecule has 1 heterocycles. The van der Waals surface area contributed by atoms with Gasteiger partial charge in [-0.1, -0.05) is 25.1 Å². The molecule has 1 saturated carbocycles. The Morgan fingerprint density at radius 1 is 1.41 bits per heavy atom. The minimum absolute atomic E-state index is 0.0672. The minimum Gasteiger partial charge on any atom is -0.326 e. The average Bonchev–Trinajstić information content (AvgIpc) is 3.25. The molecule has 2 aromatic rings. The predicted molar refractivity (Wildman–Crippen MR) is 93.0 cm³/mol. The van der Waals surface area contributed by atoms with Gasteiger partial charge in [0.1, 0.15) is 5.01 Å². The number of carbonyl (C=O) groups excluding carboxylic acids is 1. The number of aromatic nitrogens is 1. The summed E-state index contributed by atoms with van der Waals surface area (Å²) in [5, 5.41) is 6.13. The Kier molecular flexibility index (Phi) is 4.68. The predicted octanol–water partition coefficient (Wildman–Crippen LogP) is 4.93. The number of anilines is 1. The molecule has 1 N–H and O–H groups in total. The second kappa shape index (κ2) is 6.88. The smallest absolute Gasteiger partial charge is 0.224 e. The van der Waals surface area contributed by atoms with E-state index in [0.717, 1.165) is 22.7 Å². The normalized spacial score (nSPS) is 14.4. The summed E-state index contributed by atoms with van der Waals surface area (Å²) in [7, 11) is 0. The lowest BCUT2D eigenvalue weighted by molar-refractivity contribution is -0.116. The van der Waals surface area contributed by atoms with Gasteiger partial charge < -0.3 is 5.32 Å². The van der Waals surface area contributed by atoms with Gasteiger partial charge in [0.2, 0.25) is 5.91 Å². The summed E-state index contributed by atoms with van der Waals surface area (Å²) in [6.45, 7) is 2.00. The van der Waals surface area contributed by atoms with Crippen molar-refractivity contribution in [2.45, 2.75) is 38.5 Å². The van der Waals surface area contributed by atoms with E-state index in [9.17, 15) is 4.79 Å². The fraction of sp³-hybridized carbons (Fsp3) is 0.333. The van der Waals surface area contributed by atoms with Gasteiger partial charge in [0.15, 0.2) is 0 Å². The highest BCUT2D eigenvalue weighted by Gasteiger charge is 2.25. The number of hydrogen-bond acceptors (Lipinski definition) is 3. The molecule has 0 bridgehead atoms. The van der Waals surface area contributed by atoms with Crippen LogP contribution in [0.25, 0.3) is 12.2 Å². The van der Waals surface area contributed by atoms with Crippen molar-refractivity contribution in [1.82, 2.24) is 4.98 Å². The average molecular weight is 312 g/mol. The summed E-state index contributed by atoms with van der Waals surface area (Å²) in [6, 6.07) is 7.89. The molecule has 3 rings (SSSR count). The third kappa shape index (κ3) is 4.04. The van der Waals surface area contributed by atoms with Gasteiger partial charge in [-0.15, -0.1) is 11.3 Å². The SMILES string of the molecule is CCCC(=O)Nc1cccc(C=Cc2nc(C3CC3)cs2)c1. The van der Waals surface area contributed by atoms with Crippen LogP contribution in [-0.4, -0.2) is 10.9 Å². The van der Waals surface area contributed by atoms with Crippen molar-refractivity contribution in [2.24, 2.45) is 0 Å². The van der Waals surface area contributed by atoms with Crippen molar-refractivity contribution in [3.05, 3.63) is 45.9 Å². The molecule has 4 heteroatoms. The Morgan fingerprint density at radius 3 is 3.05 bits per heavy atom. The van der Waals surface area contributed by atoms with Crippen molar-refractivity contribution in [3.8, 4) is 0 Å². The first-order chi connectivity index (χ1) is 10.7. The highest BCUT2D eigenvalue weighted by molar-refractivity contribution is 7.10. The second-order valence-corrected chi connectivity index (χ2v) is 6.53. The number of benzene rings is 1. The molecule has 0 unspecified atom stereocenters. The van der Waals surface area contributed by atoms with E-state index in [0.29, 0.717) is 12.3 Å². The third-order valence-corrected chi connectivity index (χ3v) is 4.43. The summed E-state index contributed by atoms with van der Waals surface area (Å²) in [4.78, 5) is 16.3. The molecule has 1 amide bonds. The zero-order chi connectivity index (χ0) is 15.4. The first-order valence-electron chi connectivity index (χ1n) is 7.78. The van der Waals surface area contributed by atoms with Crippen molar-refractivity contribution in [2.75, 3.05) is 5.32 Å². The number of rotatable bonds is 6. The number of thiazole rings is 1. The first-order valence-corrected chi connectivity index (χ1v) is 8.66. The summed E-state index contributed by atoms with van der Waals surface area (Å²) in [6.07, 6.45) is 8.08. The van der Waals surface area contributed by atoms with E-state index < -0.39 is 0 Å².